The van der Waals surface area contributed by atoms with Crippen LogP contribution in [0.5, 0.6) is 11.5 Å². The van der Waals surface area contributed by atoms with Gasteiger partial charge in [0.05, 0.1) is 37.9 Å². The Hall–Kier alpha value is -4.09. The second kappa shape index (κ2) is 15.0. The maximum Gasteiger partial charge on any atom is 0.419 e. The van der Waals surface area contributed by atoms with Gasteiger partial charge in [-0.15, -0.1) is 0 Å². The minimum atomic E-state index is -0.639. The number of hydrogen-bond acceptors (Lipinski definition) is 9. The molecular weight excluding hydrogens is 590 g/mol. The number of nitrogens with zero attached hydrogens (tertiary/aromatic N) is 2. The molecule has 0 aliphatic carbocycles. The third kappa shape index (κ3) is 8.19. The first kappa shape index (κ1) is 34.8. The van der Waals surface area contributed by atoms with E-state index in [4.69, 9.17) is 23.7 Å². The fourth-order valence-corrected chi connectivity index (χ4v) is 6.02. The molecule has 1 fully saturated rings. The number of aromatic nitrogens is 1. The monoisotopic (exact) mass is 637 g/mol. The molecule has 0 saturated carbocycles. The van der Waals surface area contributed by atoms with E-state index in [1.807, 2.05) is 52.8 Å². The number of amides is 1. The number of esters is 1. The van der Waals surface area contributed by atoms with Crippen molar-refractivity contribution in [1.29, 1.82) is 0 Å². The molecule has 1 saturated heterocycles. The minimum absolute atomic E-state index is 0.0342. The number of fused-ring (bicyclic) bond motifs is 1. The summed E-state index contributed by atoms with van der Waals surface area (Å²) in [6, 6.07) is 9.11. The lowest BCUT2D eigenvalue weighted by Gasteiger charge is -2.40. The SMILES string of the molecule is CCO[C@H]1CCN(Cc2c(OC)cc(C)c3c2ccn3C(=O)OC(C)(C)C)[C@H](c2ccc(C(=O)OC)cc2OCCNC(C)=O)C1. The number of ether oxygens (including phenoxy) is 5. The van der Waals surface area contributed by atoms with Crippen molar-refractivity contribution in [3.05, 3.63) is 58.8 Å². The molecule has 250 valence electrons. The molecule has 1 amide bonds. The fourth-order valence-electron chi connectivity index (χ4n) is 6.02. The number of methoxy groups -OCH3 is 2. The predicted octanol–water partition coefficient (Wildman–Crippen LogP) is 5.79. The summed E-state index contributed by atoms with van der Waals surface area (Å²) in [4.78, 5) is 39.4. The molecule has 0 bridgehead atoms. The number of likely N-dealkylation sites (tertiary alicyclic amines) is 1. The lowest BCUT2D eigenvalue weighted by molar-refractivity contribution is -0.119. The lowest BCUT2D eigenvalue weighted by Crippen LogP contribution is -2.39. The van der Waals surface area contributed by atoms with Crippen molar-refractivity contribution in [1.82, 2.24) is 14.8 Å². The number of hydrogen-bond donors (Lipinski definition) is 1. The zero-order valence-electron chi connectivity index (χ0n) is 28.2. The quantitative estimate of drug-likeness (QED) is 0.206. The Bertz CT molecular complexity index is 1560. The van der Waals surface area contributed by atoms with Crippen LogP contribution in [0.4, 0.5) is 4.79 Å². The first-order valence-corrected chi connectivity index (χ1v) is 15.7. The third-order valence-electron chi connectivity index (χ3n) is 8.00. The van der Waals surface area contributed by atoms with E-state index < -0.39 is 17.7 Å². The van der Waals surface area contributed by atoms with Crippen LogP contribution in [0.15, 0.2) is 36.5 Å². The second-order valence-electron chi connectivity index (χ2n) is 12.5. The Morgan fingerprint density at radius 1 is 1.07 bits per heavy atom. The van der Waals surface area contributed by atoms with Gasteiger partial charge in [-0.1, -0.05) is 6.07 Å². The highest BCUT2D eigenvalue weighted by Gasteiger charge is 2.34. The molecule has 3 aromatic rings. The molecule has 0 spiro atoms. The Labute approximate surface area is 271 Å². The summed E-state index contributed by atoms with van der Waals surface area (Å²) in [5.41, 5.74) is 3.25. The molecule has 46 heavy (non-hydrogen) atoms. The fraction of sp³-hybridized carbons (Fsp3) is 0.514. The zero-order valence-corrected chi connectivity index (χ0v) is 28.2. The molecule has 0 unspecified atom stereocenters. The third-order valence-corrected chi connectivity index (χ3v) is 8.00. The highest BCUT2D eigenvalue weighted by molar-refractivity contribution is 5.95. The Morgan fingerprint density at radius 3 is 2.48 bits per heavy atom. The number of aryl methyl sites for hydroxylation is 1. The van der Waals surface area contributed by atoms with Crippen molar-refractivity contribution < 1.29 is 38.1 Å². The van der Waals surface area contributed by atoms with Gasteiger partial charge in [-0.25, -0.2) is 9.59 Å². The average Bonchev–Trinajstić information content (AvgIpc) is 3.46. The molecule has 1 aliphatic heterocycles. The predicted molar refractivity (Wildman–Crippen MR) is 175 cm³/mol. The standard InChI is InChI=1S/C35H47N3O8/c1-9-44-25-12-15-37(29(20-25)27-11-10-24(33(40)43-8)19-31(27)45-17-14-36-23(3)39)21-28-26-13-16-38(34(41)46-35(4,5)6)32(26)22(2)18-30(28)42-7/h10-11,13,16,18-19,25,29H,9,12,14-15,17,20-21H2,1-8H3,(H,36,39)/t25-,29-/m0/s1. The van der Waals surface area contributed by atoms with Crippen LogP contribution < -0.4 is 14.8 Å². The van der Waals surface area contributed by atoms with E-state index in [-0.39, 0.29) is 24.7 Å². The van der Waals surface area contributed by atoms with Gasteiger partial charge in [0, 0.05) is 55.4 Å². The van der Waals surface area contributed by atoms with Gasteiger partial charge in [0.2, 0.25) is 5.91 Å². The van der Waals surface area contributed by atoms with E-state index in [1.165, 1.54) is 14.0 Å². The zero-order chi connectivity index (χ0) is 33.6. The normalized spacial score (nSPS) is 17.0. The van der Waals surface area contributed by atoms with Crippen LogP contribution in [0.2, 0.25) is 0 Å². The van der Waals surface area contributed by atoms with Gasteiger partial charge in [-0.2, -0.15) is 0 Å². The maximum atomic E-state index is 13.2. The van der Waals surface area contributed by atoms with Gasteiger partial charge >= 0.3 is 12.1 Å². The molecule has 1 aromatic heterocycles. The number of nitrogens with one attached hydrogen (secondary N) is 1. The summed E-state index contributed by atoms with van der Waals surface area (Å²) < 4.78 is 30.4. The van der Waals surface area contributed by atoms with Crippen LogP contribution in [0.1, 0.15) is 80.6 Å². The van der Waals surface area contributed by atoms with Crippen LogP contribution in [-0.4, -0.2) is 79.7 Å². The minimum Gasteiger partial charge on any atom is -0.496 e. The van der Waals surface area contributed by atoms with Crippen LogP contribution in [0, 0.1) is 6.92 Å². The van der Waals surface area contributed by atoms with E-state index in [9.17, 15) is 14.4 Å². The Balaban J connectivity index is 1.77. The second-order valence-corrected chi connectivity index (χ2v) is 12.5. The molecule has 11 nitrogen and oxygen atoms in total. The molecule has 1 aliphatic rings. The Kier molecular flexibility index (Phi) is 11.3. The van der Waals surface area contributed by atoms with Gasteiger partial charge in [0.25, 0.3) is 0 Å². The van der Waals surface area contributed by atoms with Crippen LogP contribution in [-0.2, 0) is 25.5 Å². The first-order valence-electron chi connectivity index (χ1n) is 15.7. The van der Waals surface area contributed by atoms with Crippen molar-refractivity contribution in [2.24, 2.45) is 0 Å². The lowest BCUT2D eigenvalue weighted by atomic mass is 9.91. The van der Waals surface area contributed by atoms with E-state index >= 15 is 0 Å². The molecule has 2 aromatic carbocycles. The van der Waals surface area contributed by atoms with Crippen molar-refractivity contribution in [3.8, 4) is 11.5 Å². The molecule has 11 heteroatoms. The van der Waals surface area contributed by atoms with E-state index in [0.29, 0.717) is 37.4 Å². The van der Waals surface area contributed by atoms with E-state index in [0.717, 1.165) is 46.3 Å². The number of carbonyl (C=O) groups is 3. The highest BCUT2D eigenvalue weighted by atomic mass is 16.6. The van der Waals surface area contributed by atoms with Crippen molar-refractivity contribution in [2.75, 3.05) is 40.5 Å². The average molecular weight is 638 g/mol. The molecule has 2 heterocycles. The number of piperidine rings is 1. The van der Waals surface area contributed by atoms with Crippen molar-refractivity contribution in [3.63, 3.8) is 0 Å². The molecule has 1 N–H and O–H groups in total. The molecule has 2 atom stereocenters. The first-order chi connectivity index (χ1) is 21.9. The number of benzene rings is 2. The maximum absolute atomic E-state index is 13.2. The van der Waals surface area contributed by atoms with Crippen LogP contribution >= 0.6 is 0 Å². The summed E-state index contributed by atoms with van der Waals surface area (Å²) in [5, 5.41) is 3.65. The molecule has 0 radical (unpaired) electrons. The van der Waals surface area contributed by atoms with Crippen molar-refractivity contribution in [2.45, 2.75) is 78.7 Å². The smallest absolute Gasteiger partial charge is 0.419 e. The summed E-state index contributed by atoms with van der Waals surface area (Å²) in [6.45, 7) is 13.3. The molecular formula is C35H47N3O8. The van der Waals surface area contributed by atoms with Gasteiger partial charge in [-0.05, 0) is 77.3 Å². The van der Waals surface area contributed by atoms with Crippen molar-refractivity contribution >= 4 is 28.9 Å². The van der Waals surface area contributed by atoms with Crippen LogP contribution in [0.25, 0.3) is 10.9 Å². The van der Waals surface area contributed by atoms with Gasteiger partial charge in [-0.3, -0.25) is 14.3 Å². The van der Waals surface area contributed by atoms with Crippen LogP contribution in [0.3, 0.4) is 0 Å². The summed E-state index contributed by atoms with van der Waals surface area (Å²) >= 11 is 0. The number of rotatable bonds is 11. The summed E-state index contributed by atoms with van der Waals surface area (Å²) in [7, 11) is 3.00. The summed E-state index contributed by atoms with van der Waals surface area (Å²) in [5.74, 6) is 0.652. The van der Waals surface area contributed by atoms with E-state index in [2.05, 4.69) is 10.2 Å². The highest BCUT2D eigenvalue weighted by Crippen LogP contribution is 2.41. The van der Waals surface area contributed by atoms with Gasteiger partial charge in [0.1, 0.15) is 23.7 Å². The summed E-state index contributed by atoms with van der Waals surface area (Å²) in [6.07, 6.45) is 2.87. The molecule has 4 rings (SSSR count). The van der Waals surface area contributed by atoms with Gasteiger partial charge in [0.15, 0.2) is 0 Å². The number of carbonyl (C=O) groups excluding carboxylic acids is 3. The van der Waals surface area contributed by atoms with Gasteiger partial charge < -0.3 is 29.0 Å². The largest absolute Gasteiger partial charge is 0.496 e. The topological polar surface area (TPSA) is 118 Å². The van der Waals surface area contributed by atoms with E-state index in [1.54, 1.807) is 30.0 Å². The Morgan fingerprint density at radius 2 is 1.83 bits per heavy atom.